The fraction of sp³-hybridized carbons (Fsp3) is 0.700. The molecule has 0 saturated heterocycles. The number of nitrogens with zero attached hydrogens (tertiary/aromatic N) is 1. The molecule has 5 nitrogen and oxygen atoms in total. The van der Waals surface area contributed by atoms with Gasteiger partial charge in [-0.25, -0.2) is 4.79 Å². The van der Waals surface area contributed by atoms with Crippen molar-refractivity contribution in [3.05, 3.63) is 0 Å². The van der Waals surface area contributed by atoms with Crippen molar-refractivity contribution in [3.8, 4) is 0 Å². The van der Waals surface area contributed by atoms with E-state index in [1.54, 1.807) is 6.92 Å². The van der Waals surface area contributed by atoms with Gasteiger partial charge in [-0.15, -0.1) is 0 Å². The predicted octanol–water partition coefficient (Wildman–Crippen LogP) is 0.764. The van der Waals surface area contributed by atoms with E-state index in [1.807, 2.05) is 0 Å². The normalized spacial score (nSPS) is 11.9. The van der Waals surface area contributed by atoms with Gasteiger partial charge in [0.05, 0.1) is 4.99 Å². The van der Waals surface area contributed by atoms with Gasteiger partial charge >= 0.3 is 5.97 Å². The molecule has 0 aliphatic carbocycles. The first-order valence-electron chi connectivity index (χ1n) is 5.15. The van der Waals surface area contributed by atoms with Crippen LogP contribution in [0.25, 0.3) is 0 Å². The molecule has 0 spiro atoms. The molecule has 16 heavy (non-hydrogen) atoms. The van der Waals surface area contributed by atoms with Gasteiger partial charge in [-0.2, -0.15) is 0 Å². The van der Waals surface area contributed by atoms with Gasteiger partial charge in [-0.1, -0.05) is 12.2 Å². The van der Waals surface area contributed by atoms with Gasteiger partial charge in [0, 0.05) is 6.92 Å². The van der Waals surface area contributed by atoms with Crippen LogP contribution in [0.5, 0.6) is 0 Å². The van der Waals surface area contributed by atoms with Crippen LogP contribution in [0.4, 0.5) is 0 Å². The van der Waals surface area contributed by atoms with Crippen LogP contribution in [0, 0.1) is 0 Å². The van der Waals surface area contributed by atoms with Crippen molar-refractivity contribution in [1.82, 2.24) is 4.90 Å². The Labute approximate surface area is 101 Å². The molecule has 0 fully saturated rings. The summed E-state index contributed by atoms with van der Waals surface area (Å²) in [6.45, 7) is 3.38. The molecule has 1 amide bonds. The van der Waals surface area contributed by atoms with Crippen LogP contribution in [0.3, 0.4) is 0 Å². The SMILES string of the molecule is CC(=O)N(C(C)=S)C(CCCCN)C(=O)O. The zero-order chi connectivity index (χ0) is 12.7. The third kappa shape index (κ3) is 4.67. The standard InChI is InChI=1S/C10H18N2O3S/c1-7(13)12(8(2)16)9(10(14)15)5-3-4-6-11/h9H,3-6,11H2,1-2H3,(H,14,15). The smallest absolute Gasteiger partial charge is 0.326 e. The van der Waals surface area contributed by atoms with Crippen LogP contribution < -0.4 is 5.73 Å². The lowest BCUT2D eigenvalue weighted by Crippen LogP contribution is -2.46. The van der Waals surface area contributed by atoms with Gasteiger partial charge in [0.1, 0.15) is 6.04 Å². The number of hydrogen-bond donors (Lipinski definition) is 2. The molecule has 0 aromatic carbocycles. The van der Waals surface area contributed by atoms with Crippen molar-refractivity contribution in [3.63, 3.8) is 0 Å². The first-order chi connectivity index (χ1) is 7.41. The number of thiocarbonyl (C=S) groups is 1. The lowest BCUT2D eigenvalue weighted by molar-refractivity contribution is -0.146. The van der Waals surface area contributed by atoms with E-state index in [-0.39, 0.29) is 10.9 Å². The Morgan fingerprint density at radius 2 is 1.94 bits per heavy atom. The molecule has 0 rings (SSSR count). The van der Waals surface area contributed by atoms with Crippen molar-refractivity contribution >= 4 is 29.1 Å². The van der Waals surface area contributed by atoms with E-state index in [9.17, 15) is 9.59 Å². The topological polar surface area (TPSA) is 83.6 Å². The summed E-state index contributed by atoms with van der Waals surface area (Å²) in [5.74, 6) is -1.37. The maximum atomic E-state index is 11.3. The summed E-state index contributed by atoms with van der Waals surface area (Å²) in [7, 11) is 0. The molecule has 1 atom stereocenters. The minimum Gasteiger partial charge on any atom is -0.480 e. The highest BCUT2D eigenvalue weighted by molar-refractivity contribution is 7.80. The van der Waals surface area contributed by atoms with E-state index in [0.717, 1.165) is 11.3 Å². The molecule has 0 aromatic heterocycles. The first kappa shape index (κ1) is 15.0. The number of carboxylic acid groups (broad SMARTS) is 1. The summed E-state index contributed by atoms with van der Waals surface area (Å²) in [6.07, 6.45) is 1.78. The molecule has 0 aliphatic heterocycles. The number of rotatable bonds is 6. The molecule has 0 aromatic rings. The van der Waals surface area contributed by atoms with Gasteiger partial charge in [0.15, 0.2) is 0 Å². The van der Waals surface area contributed by atoms with E-state index < -0.39 is 12.0 Å². The predicted molar refractivity (Wildman–Crippen MR) is 65.1 cm³/mol. The highest BCUT2D eigenvalue weighted by atomic mass is 32.1. The van der Waals surface area contributed by atoms with Crippen molar-refractivity contribution in [2.45, 2.75) is 39.2 Å². The number of amides is 1. The number of unbranched alkanes of at least 4 members (excludes halogenated alkanes) is 1. The quantitative estimate of drug-likeness (QED) is 0.534. The summed E-state index contributed by atoms with van der Waals surface area (Å²) < 4.78 is 0. The van der Waals surface area contributed by atoms with Gasteiger partial charge in [-0.3, -0.25) is 9.69 Å². The lowest BCUT2D eigenvalue weighted by Gasteiger charge is -2.26. The van der Waals surface area contributed by atoms with Crippen LogP contribution in [0.15, 0.2) is 0 Å². The van der Waals surface area contributed by atoms with E-state index in [2.05, 4.69) is 0 Å². The number of carboxylic acids is 1. The number of hydrogen-bond acceptors (Lipinski definition) is 4. The largest absolute Gasteiger partial charge is 0.480 e. The van der Waals surface area contributed by atoms with E-state index in [1.165, 1.54) is 6.92 Å². The van der Waals surface area contributed by atoms with E-state index in [0.29, 0.717) is 19.4 Å². The third-order valence-electron chi connectivity index (χ3n) is 2.21. The van der Waals surface area contributed by atoms with E-state index >= 15 is 0 Å². The maximum absolute atomic E-state index is 11.3. The van der Waals surface area contributed by atoms with Crippen LogP contribution >= 0.6 is 12.2 Å². The Balaban J connectivity index is 4.66. The second-order valence-corrected chi connectivity index (χ2v) is 4.14. The Hall–Kier alpha value is -1.01. The summed E-state index contributed by atoms with van der Waals surface area (Å²) in [5.41, 5.74) is 5.33. The van der Waals surface area contributed by atoms with Crippen LogP contribution in [0.2, 0.25) is 0 Å². The maximum Gasteiger partial charge on any atom is 0.326 e. The Morgan fingerprint density at radius 3 is 2.25 bits per heavy atom. The van der Waals surface area contributed by atoms with Crippen molar-refractivity contribution in [2.75, 3.05) is 6.54 Å². The highest BCUT2D eigenvalue weighted by Crippen LogP contribution is 2.11. The van der Waals surface area contributed by atoms with Crippen molar-refractivity contribution in [2.24, 2.45) is 5.73 Å². The molecule has 0 heterocycles. The van der Waals surface area contributed by atoms with Gasteiger partial charge in [0.2, 0.25) is 5.91 Å². The first-order valence-corrected chi connectivity index (χ1v) is 5.55. The minimum atomic E-state index is -1.03. The minimum absolute atomic E-state index is 0.285. The molecule has 0 aliphatic rings. The molecule has 0 saturated carbocycles. The fourth-order valence-electron chi connectivity index (χ4n) is 1.51. The van der Waals surface area contributed by atoms with Crippen molar-refractivity contribution < 1.29 is 14.7 Å². The average molecular weight is 246 g/mol. The lowest BCUT2D eigenvalue weighted by atomic mass is 10.1. The van der Waals surface area contributed by atoms with Gasteiger partial charge < -0.3 is 10.8 Å². The summed E-state index contributed by atoms with van der Waals surface area (Å²) in [5, 5.41) is 9.06. The Bertz CT molecular complexity index is 267. The third-order valence-corrected chi connectivity index (χ3v) is 2.40. The Morgan fingerprint density at radius 1 is 1.38 bits per heavy atom. The molecule has 0 radical (unpaired) electrons. The number of nitrogens with two attached hydrogens (primary N) is 1. The van der Waals surface area contributed by atoms with Crippen LogP contribution in [-0.4, -0.2) is 39.5 Å². The Kier molecular flexibility index (Phi) is 6.83. The summed E-state index contributed by atoms with van der Waals surface area (Å²) in [6, 6.07) is -0.874. The average Bonchev–Trinajstić information content (AvgIpc) is 2.14. The zero-order valence-electron chi connectivity index (χ0n) is 9.60. The number of carbonyl (C=O) groups is 2. The van der Waals surface area contributed by atoms with Crippen LogP contribution in [0.1, 0.15) is 33.1 Å². The molecule has 1 unspecified atom stereocenters. The summed E-state index contributed by atoms with van der Waals surface area (Å²) >= 11 is 4.88. The highest BCUT2D eigenvalue weighted by Gasteiger charge is 2.28. The fourth-order valence-corrected chi connectivity index (χ4v) is 1.76. The van der Waals surface area contributed by atoms with Gasteiger partial charge in [0.25, 0.3) is 0 Å². The zero-order valence-corrected chi connectivity index (χ0v) is 10.4. The molecule has 3 N–H and O–H groups in total. The van der Waals surface area contributed by atoms with E-state index in [4.69, 9.17) is 23.1 Å². The second-order valence-electron chi connectivity index (χ2n) is 3.55. The summed E-state index contributed by atoms with van der Waals surface area (Å²) in [4.78, 5) is 23.8. The monoisotopic (exact) mass is 246 g/mol. The molecular weight excluding hydrogens is 228 g/mol. The molecule has 92 valence electrons. The molecular formula is C10H18N2O3S. The van der Waals surface area contributed by atoms with Crippen LogP contribution in [-0.2, 0) is 9.59 Å². The van der Waals surface area contributed by atoms with Crippen molar-refractivity contribution in [1.29, 1.82) is 0 Å². The molecule has 0 bridgehead atoms. The van der Waals surface area contributed by atoms with Gasteiger partial charge in [-0.05, 0) is 32.7 Å². The number of carbonyl (C=O) groups excluding carboxylic acids is 1. The second kappa shape index (κ2) is 7.29. The molecule has 6 heteroatoms. The number of aliphatic carboxylic acids is 1.